The van der Waals surface area contributed by atoms with Gasteiger partial charge >= 0.3 is 0 Å². The average Bonchev–Trinajstić information content (AvgIpc) is 2.78. The van der Waals surface area contributed by atoms with Crippen LogP contribution in [0.3, 0.4) is 0 Å². The predicted molar refractivity (Wildman–Crippen MR) is 69.3 cm³/mol. The number of nitrogens with one attached hydrogen (secondary N) is 1. The van der Waals surface area contributed by atoms with Gasteiger partial charge in [0.1, 0.15) is 11.6 Å². The lowest BCUT2D eigenvalue weighted by Gasteiger charge is -2.16. The third-order valence-corrected chi connectivity index (χ3v) is 4.02. The van der Waals surface area contributed by atoms with Gasteiger partial charge in [0.25, 0.3) is 0 Å². The first-order valence-electron chi connectivity index (χ1n) is 6.70. The van der Waals surface area contributed by atoms with Crippen molar-refractivity contribution in [1.29, 1.82) is 5.26 Å². The summed E-state index contributed by atoms with van der Waals surface area (Å²) < 4.78 is 27.3. The first kappa shape index (κ1) is 14.0. The Kier molecular flexibility index (Phi) is 4.49. The SMILES string of the molecule is CC1CCCC1CNCc1c(F)cc(C#N)cc1F. The van der Waals surface area contributed by atoms with Crippen LogP contribution in [0.2, 0.25) is 0 Å². The molecule has 0 spiro atoms. The summed E-state index contributed by atoms with van der Waals surface area (Å²) in [5, 5.41) is 11.8. The average molecular weight is 264 g/mol. The Labute approximate surface area is 112 Å². The number of hydrogen-bond acceptors (Lipinski definition) is 2. The molecular weight excluding hydrogens is 246 g/mol. The first-order chi connectivity index (χ1) is 9.11. The summed E-state index contributed by atoms with van der Waals surface area (Å²) in [5.74, 6) is -0.0142. The van der Waals surface area contributed by atoms with Crippen molar-refractivity contribution >= 4 is 0 Å². The van der Waals surface area contributed by atoms with Gasteiger partial charge in [0.05, 0.1) is 11.6 Å². The second kappa shape index (κ2) is 6.12. The minimum Gasteiger partial charge on any atom is -0.312 e. The molecule has 0 bridgehead atoms. The largest absolute Gasteiger partial charge is 0.312 e. The van der Waals surface area contributed by atoms with Crippen LogP contribution in [0, 0.1) is 34.8 Å². The van der Waals surface area contributed by atoms with Crippen LogP contribution in [0.15, 0.2) is 12.1 Å². The summed E-state index contributed by atoms with van der Waals surface area (Å²) in [5.41, 5.74) is 0.0350. The molecule has 1 aliphatic carbocycles. The van der Waals surface area contributed by atoms with Gasteiger partial charge in [0.2, 0.25) is 0 Å². The molecule has 0 radical (unpaired) electrons. The Hall–Kier alpha value is -1.47. The van der Waals surface area contributed by atoms with Crippen LogP contribution in [-0.2, 0) is 6.54 Å². The first-order valence-corrected chi connectivity index (χ1v) is 6.70. The lowest BCUT2D eigenvalue weighted by Crippen LogP contribution is -2.24. The Morgan fingerprint density at radius 1 is 1.32 bits per heavy atom. The molecule has 4 heteroatoms. The van der Waals surface area contributed by atoms with Crippen molar-refractivity contribution < 1.29 is 8.78 Å². The van der Waals surface area contributed by atoms with E-state index >= 15 is 0 Å². The summed E-state index contributed by atoms with van der Waals surface area (Å²) in [4.78, 5) is 0. The number of rotatable bonds is 4. The summed E-state index contributed by atoms with van der Waals surface area (Å²) >= 11 is 0. The molecule has 0 heterocycles. The van der Waals surface area contributed by atoms with E-state index in [4.69, 9.17) is 5.26 Å². The van der Waals surface area contributed by atoms with Crippen molar-refractivity contribution in [3.8, 4) is 6.07 Å². The number of nitrogens with zero attached hydrogens (tertiary/aromatic N) is 1. The highest BCUT2D eigenvalue weighted by atomic mass is 19.1. The maximum Gasteiger partial charge on any atom is 0.131 e. The Morgan fingerprint density at radius 3 is 2.53 bits per heavy atom. The fraction of sp³-hybridized carbons (Fsp3) is 0.533. The number of nitriles is 1. The van der Waals surface area contributed by atoms with Crippen LogP contribution in [0.5, 0.6) is 0 Å². The maximum absolute atomic E-state index is 13.6. The molecule has 2 rings (SSSR count). The topological polar surface area (TPSA) is 35.8 Å². The van der Waals surface area contributed by atoms with Crippen molar-refractivity contribution in [1.82, 2.24) is 5.32 Å². The summed E-state index contributed by atoms with van der Waals surface area (Å²) in [6.45, 7) is 3.19. The van der Waals surface area contributed by atoms with E-state index in [1.807, 2.05) is 0 Å². The van der Waals surface area contributed by atoms with E-state index in [9.17, 15) is 8.78 Å². The van der Waals surface area contributed by atoms with Crippen molar-refractivity contribution in [2.24, 2.45) is 11.8 Å². The Bertz CT molecular complexity index is 470. The molecule has 1 fully saturated rings. The molecule has 1 aromatic rings. The molecule has 1 aliphatic rings. The second-order valence-corrected chi connectivity index (χ2v) is 5.33. The number of halogens is 2. The van der Waals surface area contributed by atoms with Crippen molar-refractivity contribution in [2.75, 3.05) is 6.54 Å². The molecule has 0 aliphatic heterocycles. The highest BCUT2D eigenvalue weighted by Gasteiger charge is 2.22. The molecule has 0 aromatic heterocycles. The Balaban J connectivity index is 1.94. The lowest BCUT2D eigenvalue weighted by molar-refractivity contribution is 0.388. The molecule has 2 unspecified atom stereocenters. The smallest absolute Gasteiger partial charge is 0.131 e. The van der Waals surface area contributed by atoms with E-state index in [1.165, 1.54) is 19.3 Å². The van der Waals surface area contributed by atoms with Crippen molar-refractivity contribution in [3.63, 3.8) is 0 Å². The van der Waals surface area contributed by atoms with Gasteiger partial charge in [-0.15, -0.1) is 0 Å². The molecule has 1 aromatic carbocycles. The van der Waals surface area contributed by atoms with Gasteiger partial charge in [-0.3, -0.25) is 0 Å². The zero-order chi connectivity index (χ0) is 13.8. The van der Waals surface area contributed by atoms with Crippen molar-refractivity contribution in [2.45, 2.75) is 32.7 Å². The van der Waals surface area contributed by atoms with E-state index in [-0.39, 0.29) is 17.7 Å². The molecule has 0 saturated heterocycles. The zero-order valence-electron chi connectivity index (χ0n) is 11.0. The van der Waals surface area contributed by atoms with Crippen LogP contribution in [0.25, 0.3) is 0 Å². The third kappa shape index (κ3) is 3.30. The minimum absolute atomic E-state index is 0.0168. The molecule has 0 amide bonds. The standard InChI is InChI=1S/C15H18F2N2/c1-10-3-2-4-12(10)8-19-9-13-14(16)5-11(7-18)6-15(13)17/h5-6,10,12,19H,2-4,8-9H2,1H3. The maximum atomic E-state index is 13.6. The monoisotopic (exact) mass is 264 g/mol. The normalized spacial score (nSPS) is 22.4. The molecule has 1 saturated carbocycles. The molecule has 1 N–H and O–H groups in total. The van der Waals surface area contributed by atoms with Gasteiger partial charge in [-0.1, -0.05) is 19.8 Å². The number of benzene rings is 1. The van der Waals surface area contributed by atoms with E-state index in [0.717, 1.165) is 18.7 Å². The Morgan fingerprint density at radius 2 is 2.00 bits per heavy atom. The highest BCUT2D eigenvalue weighted by Crippen LogP contribution is 2.30. The number of hydrogen-bond donors (Lipinski definition) is 1. The second-order valence-electron chi connectivity index (χ2n) is 5.33. The van der Waals surface area contributed by atoms with Gasteiger partial charge in [0.15, 0.2) is 0 Å². The fourth-order valence-electron chi connectivity index (χ4n) is 2.74. The van der Waals surface area contributed by atoms with Gasteiger partial charge in [-0.25, -0.2) is 8.78 Å². The van der Waals surface area contributed by atoms with Gasteiger partial charge in [-0.2, -0.15) is 5.26 Å². The van der Waals surface area contributed by atoms with Crippen LogP contribution in [-0.4, -0.2) is 6.54 Å². The summed E-state index contributed by atoms with van der Waals surface area (Å²) in [7, 11) is 0. The quantitative estimate of drug-likeness (QED) is 0.905. The highest BCUT2D eigenvalue weighted by molar-refractivity contribution is 5.34. The van der Waals surface area contributed by atoms with Gasteiger partial charge in [-0.05, 0) is 36.9 Å². The van der Waals surface area contributed by atoms with Gasteiger partial charge in [0, 0.05) is 12.1 Å². The van der Waals surface area contributed by atoms with E-state index in [0.29, 0.717) is 11.8 Å². The minimum atomic E-state index is -0.650. The fourth-order valence-corrected chi connectivity index (χ4v) is 2.74. The lowest BCUT2D eigenvalue weighted by atomic mass is 9.98. The van der Waals surface area contributed by atoms with Crippen LogP contribution in [0.4, 0.5) is 8.78 Å². The summed E-state index contributed by atoms with van der Waals surface area (Å²) in [6, 6.07) is 3.91. The third-order valence-electron chi connectivity index (χ3n) is 4.02. The van der Waals surface area contributed by atoms with E-state index in [1.54, 1.807) is 6.07 Å². The van der Waals surface area contributed by atoms with Crippen LogP contribution in [0.1, 0.15) is 37.3 Å². The van der Waals surface area contributed by atoms with Gasteiger partial charge < -0.3 is 5.32 Å². The summed E-state index contributed by atoms with van der Waals surface area (Å²) in [6.07, 6.45) is 3.67. The molecular formula is C15H18F2N2. The van der Waals surface area contributed by atoms with Crippen LogP contribution >= 0.6 is 0 Å². The van der Waals surface area contributed by atoms with E-state index in [2.05, 4.69) is 12.2 Å². The predicted octanol–water partition coefficient (Wildman–Crippen LogP) is 3.36. The molecule has 2 nitrogen and oxygen atoms in total. The molecule has 19 heavy (non-hydrogen) atoms. The van der Waals surface area contributed by atoms with Crippen molar-refractivity contribution in [3.05, 3.63) is 34.9 Å². The van der Waals surface area contributed by atoms with Crippen LogP contribution < -0.4 is 5.32 Å². The zero-order valence-corrected chi connectivity index (χ0v) is 11.0. The molecule has 102 valence electrons. The van der Waals surface area contributed by atoms with E-state index < -0.39 is 11.6 Å². The molecule has 2 atom stereocenters.